The number of amides is 1. The van der Waals surface area contributed by atoms with Gasteiger partial charge in [0.25, 0.3) is 5.91 Å². The molecule has 2 rings (SSSR count). The average molecular weight is 355 g/mol. The third-order valence-corrected chi connectivity index (χ3v) is 4.88. The molecule has 0 bridgehead atoms. The van der Waals surface area contributed by atoms with Crippen LogP contribution in [0.25, 0.3) is 0 Å². The summed E-state index contributed by atoms with van der Waals surface area (Å²) < 4.78 is 0.825. The molecule has 1 aromatic rings. The van der Waals surface area contributed by atoms with Crippen molar-refractivity contribution in [1.29, 1.82) is 0 Å². The van der Waals surface area contributed by atoms with Crippen molar-refractivity contribution in [2.24, 2.45) is 5.41 Å². The minimum absolute atomic E-state index is 0.130. The second-order valence-corrected chi connectivity index (χ2v) is 6.38. The van der Waals surface area contributed by atoms with E-state index >= 15 is 0 Å². The van der Waals surface area contributed by atoms with E-state index in [1.165, 1.54) is 0 Å². The zero-order valence-electron chi connectivity index (χ0n) is 11.9. The summed E-state index contributed by atoms with van der Waals surface area (Å²) >= 11 is 3.31. The molecule has 1 aliphatic heterocycles. The van der Waals surface area contributed by atoms with Crippen LogP contribution in [0.5, 0.6) is 0 Å². The smallest absolute Gasteiger partial charge is 0.309 e. The van der Waals surface area contributed by atoms with Gasteiger partial charge in [0.05, 0.1) is 11.0 Å². The van der Waals surface area contributed by atoms with Gasteiger partial charge in [0.15, 0.2) is 0 Å². The molecule has 1 amide bonds. The molecule has 1 fully saturated rings. The normalized spacial score (nSPS) is 17.5. The number of carboxylic acids is 1. The van der Waals surface area contributed by atoms with Gasteiger partial charge in [-0.3, -0.25) is 9.59 Å². The second kappa shape index (κ2) is 6.05. The monoisotopic (exact) mass is 354 g/mol. The molecule has 21 heavy (non-hydrogen) atoms. The van der Waals surface area contributed by atoms with Crippen LogP contribution in [0, 0.1) is 5.41 Å². The van der Waals surface area contributed by atoms with Crippen molar-refractivity contribution < 1.29 is 14.7 Å². The minimum atomic E-state index is -0.764. The van der Waals surface area contributed by atoms with Crippen LogP contribution in [0.15, 0.2) is 22.7 Å². The molecular formula is C15H19BrN2O3. The Morgan fingerprint density at radius 1 is 1.38 bits per heavy atom. The number of likely N-dealkylation sites (tertiary alicyclic amines) is 1. The van der Waals surface area contributed by atoms with E-state index in [0.717, 1.165) is 4.47 Å². The van der Waals surface area contributed by atoms with Gasteiger partial charge in [-0.1, -0.05) is 22.9 Å². The SMILES string of the molecule is CCC1(C(=O)O)CCN(C(=O)c2ccc(Br)cc2N)CC1. The molecule has 1 saturated heterocycles. The van der Waals surface area contributed by atoms with Crippen molar-refractivity contribution >= 4 is 33.5 Å². The maximum atomic E-state index is 12.5. The number of piperidine rings is 1. The Bertz CT molecular complexity index is 566. The third kappa shape index (κ3) is 3.05. The van der Waals surface area contributed by atoms with Gasteiger partial charge < -0.3 is 15.7 Å². The van der Waals surface area contributed by atoms with E-state index in [9.17, 15) is 14.7 Å². The Morgan fingerprint density at radius 2 is 2.00 bits per heavy atom. The van der Waals surface area contributed by atoms with E-state index in [4.69, 9.17) is 5.73 Å². The van der Waals surface area contributed by atoms with E-state index in [1.807, 2.05) is 6.92 Å². The Labute approximate surface area is 132 Å². The number of benzene rings is 1. The first kappa shape index (κ1) is 15.8. The average Bonchev–Trinajstić information content (AvgIpc) is 2.46. The highest BCUT2D eigenvalue weighted by Crippen LogP contribution is 2.35. The number of halogens is 1. The summed E-state index contributed by atoms with van der Waals surface area (Å²) in [4.78, 5) is 25.6. The number of hydrogen-bond acceptors (Lipinski definition) is 3. The number of nitrogens with zero attached hydrogens (tertiary/aromatic N) is 1. The number of nitrogen functional groups attached to an aromatic ring is 1. The zero-order valence-corrected chi connectivity index (χ0v) is 13.5. The summed E-state index contributed by atoms with van der Waals surface area (Å²) in [5.41, 5.74) is 6.09. The molecule has 1 aromatic carbocycles. The van der Waals surface area contributed by atoms with Gasteiger partial charge in [-0.05, 0) is 37.5 Å². The van der Waals surface area contributed by atoms with Crippen LogP contribution in [-0.2, 0) is 4.79 Å². The number of nitrogens with two attached hydrogens (primary N) is 1. The van der Waals surface area contributed by atoms with Gasteiger partial charge in [0, 0.05) is 23.2 Å². The van der Waals surface area contributed by atoms with Crippen molar-refractivity contribution in [1.82, 2.24) is 4.90 Å². The van der Waals surface area contributed by atoms with Crippen molar-refractivity contribution in [2.75, 3.05) is 18.8 Å². The van der Waals surface area contributed by atoms with E-state index < -0.39 is 11.4 Å². The Hall–Kier alpha value is -1.56. The molecule has 0 aromatic heterocycles. The molecule has 114 valence electrons. The van der Waals surface area contributed by atoms with Crippen LogP contribution >= 0.6 is 15.9 Å². The predicted molar refractivity (Wildman–Crippen MR) is 84.1 cm³/mol. The minimum Gasteiger partial charge on any atom is -0.481 e. The number of carboxylic acid groups (broad SMARTS) is 1. The number of anilines is 1. The lowest BCUT2D eigenvalue weighted by Gasteiger charge is -2.38. The largest absolute Gasteiger partial charge is 0.481 e. The number of carbonyl (C=O) groups excluding carboxylic acids is 1. The van der Waals surface area contributed by atoms with Crippen LogP contribution in [0.1, 0.15) is 36.5 Å². The fraction of sp³-hybridized carbons (Fsp3) is 0.467. The molecule has 1 aliphatic rings. The van der Waals surface area contributed by atoms with E-state index in [2.05, 4.69) is 15.9 Å². The van der Waals surface area contributed by atoms with E-state index in [0.29, 0.717) is 43.6 Å². The van der Waals surface area contributed by atoms with Crippen LogP contribution in [0.4, 0.5) is 5.69 Å². The molecular weight excluding hydrogens is 336 g/mol. The molecule has 0 radical (unpaired) electrons. The lowest BCUT2D eigenvalue weighted by molar-refractivity contribution is -0.152. The van der Waals surface area contributed by atoms with Crippen molar-refractivity contribution in [3.63, 3.8) is 0 Å². The van der Waals surface area contributed by atoms with Gasteiger partial charge in [-0.15, -0.1) is 0 Å². The Balaban J connectivity index is 2.12. The van der Waals surface area contributed by atoms with Gasteiger partial charge in [0.1, 0.15) is 0 Å². The lowest BCUT2D eigenvalue weighted by Crippen LogP contribution is -2.46. The first-order chi connectivity index (χ1) is 9.89. The molecule has 0 aliphatic carbocycles. The van der Waals surface area contributed by atoms with E-state index in [1.54, 1.807) is 23.1 Å². The van der Waals surface area contributed by atoms with Crippen LogP contribution < -0.4 is 5.73 Å². The summed E-state index contributed by atoms with van der Waals surface area (Å²) in [7, 11) is 0. The summed E-state index contributed by atoms with van der Waals surface area (Å²) in [5.74, 6) is -0.893. The Kier molecular flexibility index (Phi) is 4.56. The highest BCUT2D eigenvalue weighted by Gasteiger charge is 2.41. The van der Waals surface area contributed by atoms with Crippen molar-refractivity contribution in [3.8, 4) is 0 Å². The summed E-state index contributed by atoms with van der Waals surface area (Å²) in [6.45, 7) is 2.79. The quantitative estimate of drug-likeness (QED) is 0.817. The van der Waals surface area contributed by atoms with Gasteiger partial charge in [-0.2, -0.15) is 0 Å². The first-order valence-electron chi connectivity index (χ1n) is 6.97. The molecule has 0 saturated carbocycles. The number of carbonyl (C=O) groups is 2. The number of aliphatic carboxylic acids is 1. The summed E-state index contributed by atoms with van der Waals surface area (Å²) in [6, 6.07) is 5.17. The first-order valence-corrected chi connectivity index (χ1v) is 7.76. The van der Waals surface area contributed by atoms with Gasteiger partial charge >= 0.3 is 5.97 Å². The maximum absolute atomic E-state index is 12.5. The van der Waals surface area contributed by atoms with E-state index in [-0.39, 0.29) is 5.91 Å². The standard InChI is InChI=1S/C15H19BrN2O3/c1-2-15(14(20)21)5-7-18(8-6-15)13(19)11-4-3-10(16)9-12(11)17/h3-4,9H,2,5-8,17H2,1H3,(H,20,21). The third-order valence-electron chi connectivity index (χ3n) is 4.38. The van der Waals surface area contributed by atoms with Crippen LogP contribution in [0.2, 0.25) is 0 Å². The molecule has 0 atom stereocenters. The highest BCUT2D eigenvalue weighted by molar-refractivity contribution is 9.10. The highest BCUT2D eigenvalue weighted by atomic mass is 79.9. The lowest BCUT2D eigenvalue weighted by atomic mass is 9.76. The van der Waals surface area contributed by atoms with Gasteiger partial charge in [-0.25, -0.2) is 0 Å². The molecule has 5 nitrogen and oxygen atoms in total. The molecule has 1 heterocycles. The number of hydrogen-bond donors (Lipinski definition) is 2. The van der Waals surface area contributed by atoms with Gasteiger partial charge in [0.2, 0.25) is 0 Å². The summed E-state index contributed by atoms with van der Waals surface area (Å²) in [6.07, 6.45) is 1.56. The molecule has 6 heteroatoms. The number of rotatable bonds is 3. The second-order valence-electron chi connectivity index (χ2n) is 5.46. The molecule has 0 unspecified atom stereocenters. The van der Waals surface area contributed by atoms with Crippen LogP contribution in [0.3, 0.4) is 0 Å². The fourth-order valence-electron chi connectivity index (χ4n) is 2.76. The topological polar surface area (TPSA) is 83.6 Å². The predicted octanol–water partition coefficient (Wildman–Crippen LogP) is 2.75. The summed E-state index contributed by atoms with van der Waals surface area (Å²) in [5, 5.41) is 9.38. The zero-order chi connectivity index (χ0) is 15.6. The Morgan fingerprint density at radius 3 is 2.48 bits per heavy atom. The maximum Gasteiger partial charge on any atom is 0.309 e. The van der Waals surface area contributed by atoms with Crippen molar-refractivity contribution in [2.45, 2.75) is 26.2 Å². The fourth-order valence-corrected chi connectivity index (χ4v) is 3.13. The van der Waals surface area contributed by atoms with Crippen LogP contribution in [-0.4, -0.2) is 35.0 Å². The molecule has 3 N–H and O–H groups in total. The van der Waals surface area contributed by atoms with Crippen molar-refractivity contribution in [3.05, 3.63) is 28.2 Å². The molecule has 0 spiro atoms.